The smallest absolute Gasteiger partial charge is 0.179 e. The molecule has 1 saturated heterocycles. The van der Waals surface area contributed by atoms with Crippen LogP contribution in [0.3, 0.4) is 0 Å². The van der Waals surface area contributed by atoms with E-state index in [1.807, 2.05) is 18.1 Å². The maximum Gasteiger partial charge on any atom is 0.179 e. The molecule has 3 saturated carbocycles. The van der Waals surface area contributed by atoms with Gasteiger partial charge in [0, 0.05) is 42.0 Å². The van der Waals surface area contributed by atoms with Crippen LogP contribution < -0.4 is 9.47 Å². The number of hydrogen-bond acceptors (Lipinski definition) is 6. The van der Waals surface area contributed by atoms with E-state index in [4.69, 9.17) is 14.2 Å². The summed E-state index contributed by atoms with van der Waals surface area (Å²) in [5, 5.41) is 22.6. The molecule has 0 amide bonds. The second-order valence-corrected chi connectivity index (χ2v) is 12.5. The Balaban J connectivity index is 1.66. The van der Waals surface area contributed by atoms with Crippen molar-refractivity contribution in [1.29, 1.82) is 5.26 Å². The summed E-state index contributed by atoms with van der Waals surface area (Å²) in [6, 6.07) is 4.31. The van der Waals surface area contributed by atoms with Crippen LogP contribution in [0, 0.1) is 28.2 Å². The van der Waals surface area contributed by atoms with Gasteiger partial charge in [-0.1, -0.05) is 33.8 Å². The normalized spacial score (nSPS) is 40.8. The van der Waals surface area contributed by atoms with Crippen LogP contribution in [0.4, 0.5) is 0 Å². The van der Waals surface area contributed by atoms with Crippen molar-refractivity contribution in [2.75, 3.05) is 20.8 Å². The Kier molecular flexibility index (Phi) is 4.38. The van der Waals surface area contributed by atoms with E-state index in [2.05, 4.69) is 40.0 Å². The molecule has 2 heterocycles. The minimum absolute atomic E-state index is 0.0927. The molecule has 0 radical (unpaired) electrons. The molecule has 4 bridgehead atoms. The molecule has 1 aromatic rings. The maximum absolute atomic E-state index is 12.4. The monoisotopic (exact) mass is 466 g/mol. The first kappa shape index (κ1) is 22.5. The molecular weight excluding hydrogens is 428 g/mol. The number of fused-ring (bicyclic) bond motifs is 2. The Hall–Kier alpha value is -1.97. The molecule has 2 spiro atoms. The van der Waals surface area contributed by atoms with Gasteiger partial charge in [0.15, 0.2) is 17.7 Å². The highest BCUT2D eigenvalue weighted by atomic mass is 16.6. The van der Waals surface area contributed by atoms with Gasteiger partial charge in [-0.2, -0.15) is 5.26 Å². The zero-order valence-electron chi connectivity index (χ0n) is 21.4. The third kappa shape index (κ3) is 2.13. The third-order valence-electron chi connectivity index (χ3n) is 11.1. The highest BCUT2D eigenvalue weighted by Gasteiger charge is 2.82. The number of ether oxygens (including phenoxy) is 3. The van der Waals surface area contributed by atoms with Crippen molar-refractivity contribution in [3.05, 3.63) is 23.3 Å². The summed E-state index contributed by atoms with van der Waals surface area (Å²) in [5.41, 5.74) is 0.373. The predicted molar refractivity (Wildman–Crippen MR) is 128 cm³/mol. The second-order valence-electron chi connectivity index (χ2n) is 12.5. The van der Waals surface area contributed by atoms with Crippen LogP contribution in [-0.2, 0) is 16.6 Å². The van der Waals surface area contributed by atoms with Gasteiger partial charge in [0.05, 0.1) is 12.7 Å². The van der Waals surface area contributed by atoms with Gasteiger partial charge in [-0.3, -0.25) is 0 Å². The summed E-state index contributed by atoms with van der Waals surface area (Å²) >= 11 is 0. The Morgan fingerprint density at radius 3 is 2.62 bits per heavy atom. The summed E-state index contributed by atoms with van der Waals surface area (Å²) < 4.78 is 19.4. The van der Waals surface area contributed by atoms with Gasteiger partial charge in [-0.05, 0) is 55.6 Å². The molecule has 7 atom stereocenters. The molecule has 1 aromatic carbocycles. The van der Waals surface area contributed by atoms with E-state index in [0.717, 1.165) is 50.1 Å². The third-order valence-corrected chi connectivity index (χ3v) is 11.1. The number of benzene rings is 1. The molecule has 6 nitrogen and oxygen atoms in total. The van der Waals surface area contributed by atoms with E-state index in [9.17, 15) is 10.4 Å². The maximum atomic E-state index is 12.4. The number of likely N-dealkylation sites (tertiary alicyclic amines) is 1. The zero-order valence-corrected chi connectivity index (χ0v) is 21.4. The standard InChI is InChI=1S/C28H38N2O4/c1-7-28(31,24(2,3)4)19-15-25-10-11-27(19,33-6)23-26(25)12-13-30(16-29)20(25)14-17-8-9-18(32-5)22(34-23)21(17)26/h8-9,19-20,23,31H,7,10-15H2,1-6H3/t19-,20+,23+,25+,26-,27+,28?/m0/s1. The summed E-state index contributed by atoms with van der Waals surface area (Å²) in [6.07, 6.45) is 7.37. The number of aliphatic hydroxyl groups is 1. The first-order valence-corrected chi connectivity index (χ1v) is 12.9. The van der Waals surface area contributed by atoms with Crippen LogP contribution in [0.5, 0.6) is 11.5 Å². The zero-order chi connectivity index (χ0) is 24.3. The lowest BCUT2D eigenvalue weighted by atomic mass is 9.33. The lowest BCUT2D eigenvalue weighted by Crippen LogP contribution is -2.83. The van der Waals surface area contributed by atoms with Gasteiger partial charge in [0.25, 0.3) is 0 Å². The molecule has 4 aliphatic carbocycles. The van der Waals surface area contributed by atoms with E-state index < -0.39 is 11.2 Å². The van der Waals surface area contributed by atoms with Crippen molar-refractivity contribution in [2.24, 2.45) is 16.7 Å². The lowest BCUT2D eigenvalue weighted by molar-refractivity contribution is -0.313. The van der Waals surface area contributed by atoms with E-state index in [1.165, 1.54) is 11.1 Å². The average molecular weight is 467 g/mol. The predicted octanol–water partition coefficient (Wildman–Crippen LogP) is 4.18. The van der Waals surface area contributed by atoms with E-state index >= 15 is 0 Å². The summed E-state index contributed by atoms with van der Waals surface area (Å²) in [7, 11) is 3.52. The number of nitrogens with zero attached hydrogens (tertiary/aromatic N) is 2. The molecule has 7 rings (SSSR count). The van der Waals surface area contributed by atoms with Crippen molar-refractivity contribution in [1.82, 2.24) is 4.90 Å². The Labute approximate surface area is 203 Å². The van der Waals surface area contributed by atoms with Crippen LogP contribution in [-0.4, -0.2) is 54.1 Å². The van der Waals surface area contributed by atoms with Crippen molar-refractivity contribution >= 4 is 0 Å². The number of hydrogen-bond donors (Lipinski definition) is 1. The fraction of sp³-hybridized carbons (Fsp3) is 0.750. The molecule has 6 heteroatoms. The van der Waals surface area contributed by atoms with Crippen LogP contribution in [0.25, 0.3) is 0 Å². The Morgan fingerprint density at radius 1 is 1.24 bits per heavy atom. The molecule has 2 aliphatic heterocycles. The van der Waals surface area contributed by atoms with Crippen LogP contribution in [0.15, 0.2) is 12.1 Å². The van der Waals surface area contributed by atoms with Crippen molar-refractivity contribution in [3.63, 3.8) is 0 Å². The fourth-order valence-electron chi connectivity index (χ4n) is 9.58. The van der Waals surface area contributed by atoms with Gasteiger partial charge in [0.2, 0.25) is 0 Å². The summed E-state index contributed by atoms with van der Waals surface area (Å²) in [4.78, 5) is 2.04. The lowest BCUT2D eigenvalue weighted by Gasteiger charge is -2.75. The van der Waals surface area contributed by atoms with Crippen molar-refractivity contribution in [3.8, 4) is 17.7 Å². The minimum atomic E-state index is -0.924. The van der Waals surface area contributed by atoms with E-state index in [-0.39, 0.29) is 34.3 Å². The van der Waals surface area contributed by atoms with Gasteiger partial charge < -0.3 is 24.2 Å². The number of methoxy groups -OCH3 is 2. The van der Waals surface area contributed by atoms with Gasteiger partial charge in [-0.25, -0.2) is 0 Å². The Morgan fingerprint density at radius 2 is 2.00 bits per heavy atom. The minimum Gasteiger partial charge on any atom is -0.493 e. The highest BCUT2D eigenvalue weighted by molar-refractivity contribution is 5.63. The molecule has 1 unspecified atom stereocenters. The molecule has 1 N–H and O–H groups in total. The van der Waals surface area contributed by atoms with Gasteiger partial charge in [0.1, 0.15) is 11.7 Å². The summed E-state index contributed by atoms with van der Waals surface area (Å²) in [6.45, 7) is 9.26. The summed E-state index contributed by atoms with van der Waals surface area (Å²) in [5.74, 6) is 1.56. The fourth-order valence-corrected chi connectivity index (χ4v) is 9.58. The van der Waals surface area contributed by atoms with Crippen LogP contribution in [0.2, 0.25) is 0 Å². The van der Waals surface area contributed by atoms with Gasteiger partial charge in [-0.15, -0.1) is 0 Å². The van der Waals surface area contributed by atoms with Crippen molar-refractivity contribution in [2.45, 2.75) is 95.0 Å². The molecule has 0 aromatic heterocycles. The second kappa shape index (κ2) is 6.62. The molecule has 4 fully saturated rings. The van der Waals surface area contributed by atoms with Crippen LogP contribution >= 0.6 is 0 Å². The number of nitriles is 1. The number of rotatable bonds is 4. The van der Waals surface area contributed by atoms with Crippen LogP contribution in [0.1, 0.15) is 70.9 Å². The molecule has 184 valence electrons. The Bertz CT molecular complexity index is 1090. The number of piperidine rings is 1. The molecule has 34 heavy (non-hydrogen) atoms. The topological polar surface area (TPSA) is 75.0 Å². The van der Waals surface area contributed by atoms with E-state index in [1.54, 1.807) is 7.11 Å². The average Bonchev–Trinajstić information content (AvgIpc) is 3.19. The van der Waals surface area contributed by atoms with E-state index in [0.29, 0.717) is 6.42 Å². The van der Waals surface area contributed by atoms with Gasteiger partial charge >= 0.3 is 0 Å². The van der Waals surface area contributed by atoms with Crippen molar-refractivity contribution < 1.29 is 19.3 Å². The SMILES string of the molecule is CCC(O)([C@H]1C[C@@]23CC[C@]1(OC)[C@@H]1Oc4c(OC)ccc5c4[C@@]12CCN(C#N)[C@@H]3C5)C(C)(C)C. The first-order chi connectivity index (χ1) is 16.1. The first-order valence-electron chi connectivity index (χ1n) is 12.9. The highest BCUT2D eigenvalue weighted by Crippen LogP contribution is 2.78. The molecule has 6 aliphatic rings. The molecular formula is C28H38N2O4. The largest absolute Gasteiger partial charge is 0.493 e. The quantitative estimate of drug-likeness (QED) is 0.671.